The zero-order valence-corrected chi connectivity index (χ0v) is 12.8. The van der Waals surface area contributed by atoms with E-state index in [0.29, 0.717) is 28.7 Å². The monoisotopic (exact) mass is 321 g/mol. The van der Waals surface area contributed by atoms with E-state index in [0.717, 1.165) is 18.7 Å². The number of benzene rings is 2. The van der Waals surface area contributed by atoms with Crippen LogP contribution in [0.1, 0.15) is 23.2 Å². The molecule has 0 saturated carbocycles. The van der Waals surface area contributed by atoms with Gasteiger partial charge in [-0.2, -0.15) is 15.4 Å². The van der Waals surface area contributed by atoms with E-state index in [9.17, 15) is 9.59 Å². The maximum absolute atomic E-state index is 12.3. The van der Waals surface area contributed by atoms with E-state index in [1.165, 1.54) is 0 Å². The van der Waals surface area contributed by atoms with Gasteiger partial charge >= 0.3 is 0 Å². The third kappa shape index (κ3) is 2.60. The predicted molar refractivity (Wildman–Crippen MR) is 89.9 cm³/mol. The number of anilines is 2. The molecule has 1 fully saturated rings. The van der Waals surface area contributed by atoms with Gasteiger partial charge in [-0.05, 0) is 48.9 Å². The van der Waals surface area contributed by atoms with Gasteiger partial charge in [0.2, 0.25) is 5.91 Å². The Balaban J connectivity index is 1.50. The number of rotatable bonds is 3. The van der Waals surface area contributed by atoms with Crippen molar-refractivity contribution in [3.05, 3.63) is 48.0 Å². The first-order valence-corrected chi connectivity index (χ1v) is 7.73. The number of hydrogen-bond acceptors (Lipinski definition) is 4. The summed E-state index contributed by atoms with van der Waals surface area (Å²) < 4.78 is 0. The third-order valence-corrected chi connectivity index (χ3v) is 4.09. The average Bonchev–Trinajstić information content (AvgIpc) is 3.23. The quantitative estimate of drug-likeness (QED) is 0.774. The molecule has 0 atom stereocenters. The van der Waals surface area contributed by atoms with Gasteiger partial charge in [0, 0.05) is 29.9 Å². The lowest BCUT2D eigenvalue weighted by Gasteiger charge is -2.16. The number of amides is 2. The Morgan fingerprint density at radius 1 is 1.08 bits per heavy atom. The largest absolute Gasteiger partial charge is 0.322 e. The van der Waals surface area contributed by atoms with Crippen molar-refractivity contribution in [3.8, 4) is 0 Å². The van der Waals surface area contributed by atoms with Gasteiger partial charge < -0.3 is 10.2 Å². The summed E-state index contributed by atoms with van der Waals surface area (Å²) in [6, 6.07) is 12.4. The Morgan fingerprint density at radius 2 is 1.88 bits per heavy atom. The second-order valence-electron chi connectivity index (χ2n) is 5.68. The van der Waals surface area contributed by atoms with Gasteiger partial charge in [-0.15, -0.1) is 0 Å². The van der Waals surface area contributed by atoms with Crippen LogP contribution >= 0.6 is 0 Å². The van der Waals surface area contributed by atoms with Crippen molar-refractivity contribution in [2.24, 2.45) is 0 Å². The molecule has 0 aliphatic carbocycles. The van der Waals surface area contributed by atoms with Crippen molar-refractivity contribution in [2.45, 2.75) is 12.8 Å². The van der Waals surface area contributed by atoms with Crippen molar-refractivity contribution in [3.63, 3.8) is 0 Å². The highest BCUT2D eigenvalue weighted by molar-refractivity contribution is 6.06. The summed E-state index contributed by atoms with van der Waals surface area (Å²) in [6.07, 6.45) is 1.49. The van der Waals surface area contributed by atoms with Crippen LogP contribution in [0.3, 0.4) is 0 Å². The fourth-order valence-corrected chi connectivity index (χ4v) is 2.83. The van der Waals surface area contributed by atoms with E-state index < -0.39 is 0 Å². The van der Waals surface area contributed by atoms with Crippen LogP contribution in [-0.2, 0) is 4.79 Å². The summed E-state index contributed by atoms with van der Waals surface area (Å²) in [4.78, 5) is 25.9. The zero-order valence-electron chi connectivity index (χ0n) is 12.8. The lowest BCUT2D eigenvalue weighted by Crippen LogP contribution is -2.23. The van der Waals surface area contributed by atoms with Gasteiger partial charge in [0.1, 0.15) is 11.0 Å². The standard InChI is InChI=1S/C17H15N5O2/c23-16-2-1-9-22(16)13-6-4-12(5-7-13)18-17(24)11-3-8-14-15(10-11)20-21-19-14/h3-8,10H,1-2,9H2,(H,18,24)(H,19,20,21). The summed E-state index contributed by atoms with van der Waals surface area (Å²) in [5, 5.41) is 13.3. The average molecular weight is 321 g/mol. The van der Waals surface area contributed by atoms with Gasteiger partial charge in [-0.25, -0.2) is 0 Å². The van der Waals surface area contributed by atoms with Crippen LogP contribution < -0.4 is 10.2 Å². The minimum absolute atomic E-state index is 0.146. The van der Waals surface area contributed by atoms with Gasteiger partial charge in [-0.3, -0.25) is 9.59 Å². The van der Waals surface area contributed by atoms with Gasteiger partial charge in [0.25, 0.3) is 5.91 Å². The number of aromatic amines is 1. The maximum atomic E-state index is 12.3. The number of H-pyrrole nitrogens is 1. The summed E-state index contributed by atoms with van der Waals surface area (Å²) in [6.45, 7) is 0.752. The minimum atomic E-state index is -0.218. The van der Waals surface area contributed by atoms with Crippen molar-refractivity contribution < 1.29 is 9.59 Å². The summed E-state index contributed by atoms with van der Waals surface area (Å²) in [7, 11) is 0. The Bertz CT molecular complexity index is 916. The number of carbonyl (C=O) groups excluding carboxylic acids is 2. The van der Waals surface area contributed by atoms with Gasteiger partial charge in [0.15, 0.2) is 0 Å². The van der Waals surface area contributed by atoms with E-state index >= 15 is 0 Å². The van der Waals surface area contributed by atoms with E-state index in [4.69, 9.17) is 0 Å². The number of carbonyl (C=O) groups is 2. The molecule has 1 aromatic heterocycles. The molecule has 3 aromatic rings. The molecule has 4 rings (SSSR count). The van der Waals surface area contributed by atoms with Crippen molar-refractivity contribution >= 4 is 34.2 Å². The maximum Gasteiger partial charge on any atom is 0.255 e. The van der Waals surface area contributed by atoms with Crippen LogP contribution in [0.2, 0.25) is 0 Å². The summed E-state index contributed by atoms with van der Waals surface area (Å²) in [5.74, 6) is -0.0717. The van der Waals surface area contributed by atoms with Gasteiger partial charge in [-0.1, -0.05) is 0 Å². The van der Waals surface area contributed by atoms with Crippen LogP contribution in [0, 0.1) is 0 Å². The Kier molecular flexibility index (Phi) is 3.45. The molecule has 2 heterocycles. The lowest BCUT2D eigenvalue weighted by molar-refractivity contribution is -0.117. The second kappa shape index (κ2) is 5.77. The van der Waals surface area contributed by atoms with E-state index in [1.807, 2.05) is 12.1 Å². The first-order chi connectivity index (χ1) is 11.7. The molecular formula is C17H15N5O2. The zero-order chi connectivity index (χ0) is 16.5. The molecule has 0 unspecified atom stereocenters. The lowest BCUT2D eigenvalue weighted by atomic mass is 10.2. The first-order valence-electron chi connectivity index (χ1n) is 7.73. The van der Waals surface area contributed by atoms with Crippen LogP contribution in [0.5, 0.6) is 0 Å². The fraction of sp³-hybridized carbons (Fsp3) is 0.176. The van der Waals surface area contributed by atoms with Crippen LogP contribution in [0.4, 0.5) is 11.4 Å². The van der Waals surface area contributed by atoms with Crippen LogP contribution in [0.15, 0.2) is 42.5 Å². The fourth-order valence-electron chi connectivity index (χ4n) is 2.83. The third-order valence-electron chi connectivity index (χ3n) is 4.09. The molecule has 2 N–H and O–H groups in total. The highest BCUT2D eigenvalue weighted by Gasteiger charge is 2.21. The smallest absolute Gasteiger partial charge is 0.255 e. The SMILES string of the molecule is O=C(Nc1ccc(N2CCCC2=O)cc1)c1ccc2n[nH]nc2c1. The molecule has 0 bridgehead atoms. The van der Waals surface area contributed by atoms with Crippen LogP contribution in [0.25, 0.3) is 11.0 Å². The Hall–Kier alpha value is -3.22. The molecule has 7 nitrogen and oxygen atoms in total. The summed E-state index contributed by atoms with van der Waals surface area (Å²) in [5.41, 5.74) is 3.40. The molecule has 120 valence electrons. The highest BCUT2D eigenvalue weighted by Crippen LogP contribution is 2.23. The topological polar surface area (TPSA) is 91.0 Å². The molecule has 0 radical (unpaired) electrons. The molecule has 0 spiro atoms. The van der Waals surface area contributed by atoms with Crippen molar-refractivity contribution in [1.82, 2.24) is 15.4 Å². The first kappa shape index (κ1) is 14.4. The van der Waals surface area contributed by atoms with Gasteiger partial charge in [0.05, 0.1) is 0 Å². The van der Waals surface area contributed by atoms with E-state index in [2.05, 4.69) is 20.7 Å². The van der Waals surface area contributed by atoms with Crippen molar-refractivity contribution in [2.75, 3.05) is 16.8 Å². The number of nitrogens with one attached hydrogen (secondary N) is 2. The second-order valence-corrected chi connectivity index (χ2v) is 5.68. The molecule has 24 heavy (non-hydrogen) atoms. The normalized spacial score (nSPS) is 14.3. The number of hydrogen-bond donors (Lipinski definition) is 2. The van der Waals surface area contributed by atoms with E-state index in [-0.39, 0.29) is 11.8 Å². The molecule has 2 amide bonds. The number of aromatic nitrogens is 3. The molecule has 1 saturated heterocycles. The minimum Gasteiger partial charge on any atom is -0.322 e. The number of fused-ring (bicyclic) bond motifs is 1. The molecular weight excluding hydrogens is 306 g/mol. The van der Waals surface area contributed by atoms with Crippen LogP contribution in [-0.4, -0.2) is 33.8 Å². The Labute approximate surface area is 137 Å². The predicted octanol–water partition coefficient (Wildman–Crippen LogP) is 2.34. The number of nitrogens with zero attached hydrogens (tertiary/aromatic N) is 3. The summed E-state index contributed by atoms with van der Waals surface area (Å²) >= 11 is 0. The Morgan fingerprint density at radius 3 is 2.62 bits per heavy atom. The van der Waals surface area contributed by atoms with Crippen molar-refractivity contribution in [1.29, 1.82) is 0 Å². The highest BCUT2D eigenvalue weighted by atomic mass is 16.2. The molecule has 2 aromatic carbocycles. The molecule has 7 heteroatoms. The van der Waals surface area contributed by atoms with E-state index in [1.54, 1.807) is 35.2 Å². The molecule has 1 aliphatic rings. The molecule has 1 aliphatic heterocycles.